The van der Waals surface area contributed by atoms with Gasteiger partial charge in [-0.15, -0.1) is 0 Å². The summed E-state index contributed by atoms with van der Waals surface area (Å²) in [6, 6.07) is 6.51. The Bertz CT molecular complexity index is 1130. The van der Waals surface area contributed by atoms with Crippen LogP contribution in [0.2, 0.25) is 0 Å². The van der Waals surface area contributed by atoms with Gasteiger partial charge < -0.3 is 9.88 Å². The molecule has 2 aromatic heterocycles. The maximum absolute atomic E-state index is 13.1. The summed E-state index contributed by atoms with van der Waals surface area (Å²) in [4.78, 5) is 21.4. The van der Waals surface area contributed by atoms with Crippen LogP contribution >= 0.6 is 0 Å². The molecule has 5 nitrogen and oxygen atoms in total. The largest absolute Gasteiger partial charge is 0.416 e. The summed E-state index contributed by atoms with van der Waals surface area (Å²) in [5.74, 6) is 0.994. The number of halogens is 3. The Balaban J connectivity index is 1.73. The topological polar surface area (TPSA) is 59.8 Å². The van der Waals surface area contributed by atoms with Crippen LogP contribution in [0.25, 0.3) is 10.9 Å². The van der Waals surface area contributed by atoms with Crippen molar-refractivity contribution in [2.45, 2.75) is 57.8 Å². The highest BCUT2D eigenvalue weighted by Gasteiger charge is 2.30. The standard InChI is InChI=1S/C22H23F3N4O/c1-13(15-6-5-7-16(10-15)22(23,24)25)26-21-18-12-29(17-8-3-4-9-17)20(30)11-19(18)27-14(2)28-21/h5-7,10-13,17H,3-4,8-9H2,1-2H3,(H,26,27,28)/t13-/m1/s1. The zero-order chi connectivity index (χ0) is 21.5. The molecular weight excluding hydrogens is 393 g/mol. The second kappa shape index (κ2) is 7.74. The van der Waals surface area contributed by atoms with Crippen LogP contribution in [0.5, 0.6) is 0 Å². The van der Waals surface area contributed by atoms with Crippen molar-refractivity contribution >= 4 is 16.7 Å². The molecular formula is C22H23F3N4O. The first-order valence-electron chi connectivity index (χ1n) is 10.1. The zero-order valence-corrected chi connectivity index (χ0v) is 16.8. The molecule has 0 unspecified atom stereocenters. The molecule has 4 rings (SSSR count). The Kier molecular flexibility index (Phi) is 5.26. The predicted octanol–water partition coefficient (Wildman–Crippen LogP) is 5.41. The average Bonchev–Trinajstić information content (AvgIpc) is 3.21. The third-order valence-electron chi connectivity index (χ3n) is 5.66. The molecule has 1 aliphatic rings. The number of benzene rings is 1. The summed E-state index contributed by atoms with van der Waals surface area (Å²) in [6.45, 7) is 3.51. The maximum Gasteiger partial charge on any atom is 0.416 e. The molecule has 0 aliphatic heterocycles. The second-order valence-electron chi connectivity index (χ2n) is 7.86. The number of nitrogens with one attached hydrogen (secondary N) is 1. The Labute approximate surface area is 172 Å². The molecule has 8 heteroatoms. The first kappa shape index (κ1) is 20.4. The molecule has 3 aromatic rings. The van der Waals surface area contributed by atoms with E-state index in [-0.39, 0.29) is 11.6 Å². The number of anilines is 1. The van der Waals surface area contributed by atoms with Gasteiger partial charge in [-0.25, -0.2) is 9.97 Å². The van der Waals surface area contributed by atoms with Crippen molar-refractivity contribution in [1.82, 2.24) is 14.5 Å². The Hall–Kier alpha value is -2.90. The molecule has 1 aromatic carbocycles. The molecule has 0 spiro atoms. The van der Waals surface area contributed by atoms with E-state index in [1.807, 2.05) is 0 Å². The van der Waals surface area contributed by atoms with Crippen molar-refractivity contribution in [3.63, 3.8) is 0 Å². The lowest BCUT2D eigenvalue weighted by Crippen LogP contribution is -2.22. The third-order valence-corrected chi connectivity index (χ3v) is 5.66. The minimum absolute atomic E-state index is 0.0932. The lowest BCUT2D eigenvalue weighted by Gasteiger charge is -2.19. The summed E-state index contributed by atoms with van der Waals surface area (Å²) >= 11 is 0. The SMILES string of the molecule is Cc1nc(N[C@H](C)c2cccc(C(F)(F)F)c2)c2cn(C3CCCC3)c(=O)cc2n1. The van der Waals surface area contributed by atoms with Crippen molar-refractivity contribution in [3.05, 3.63) is 63.8 Å². The van der Waals surface area contributed by atoms with Crippen molar-refractivity contribution in [2.24, 2.45) is 0 Å². The van der Waals surface area contributed by atoms with Crippen LogP contribution in [-0.2, 0) is 6.18 Å². The highest BCUT2D eigenvalue weighted by atomic mass is 19.4. The van der Waals surface area contributed by atoms with Gasteiger partial charge in [0.25, 0.3) is 5.56 Å². The fraction of sp³-hybridized carbons (Fsp3) is 0.409. The van der Waals surface area contributed by atoms with E-state index < -0.39 is 17.8 Å². The molecule has 1 atom stereocenters. The highest BCUT2D eigenvalue weighted by Crippen LogP contribution is 2.33. The fourth-order valence-corrected chi connectivity index (χ4v) is 4.08. The van der Waals surface area contributed by atoms with Gasteiger partial charge in [-0.2, -0.15) is 13.2 Å². The molecule has 1 saturated carbocycles. The van der Waals surface area contributed by atoms with E-state index in [0.717, 1.165) is 37.8 Å². The molecule has 0 bridgehead atoms. The number of rotatable bonds is 4. The Morgan fingerprint density at radius 2 is 1.90 bits per heavy atom. The van der Waals surface area contributed by atoms with Crippen LogP contribution in [0.1, 0.15) is 61.6 Å². The quantitative estimate of drug-likeness (QED) is 0.618. The van der Waals surface area contributed by atoms with E-state index >= 15 is 0 Å². The van der Waals surface area contributed by atoms with Gasteiger partial charge in [-0.05, 0) is 44.4 Å². The van der Waals surface area contributed by atoms with Gasteiger partial charge in [0.05, 0.1) is 16.5 Å². The molecule has 158 valence electrons. The predicted molar refractivity (Wildman–Crippen MR) is 110 cm³/mol. The summed E-state index contributed by atoms with van der Waals surface area (Å²) in [7, 11) is 0. The first-order chi connectivity index (χ1) is 14.2. The van der Waals surface area contributed by atoms with E-state index in [2.05, 4.69) is 15.3 Å². The molecule has 0 amide bonds. The van der Waals surface area contributed by atoms with Crippen LogP contribution in [0, 0.1) is 6.92 Å². The van der Waals surface area contributed by atoms with Crippen LogP contribution in [0.3, 0.4) is 0 Å². The number of aromatic nitrogens is 3. The van der Waals surface area contributed by atoms with E-state index in [9.17, 15) is 18.0 Å². The summed E-state index contributed by atoms with van der Waals surface area (Å²) in [5, 5.41) is 3.91. The van der Waals surface area contributed by atoms with Gasteiger partial charge in [-0.3, -0.25) is 4.79 Å². The fourth-order valence-electron chi connectivity index (χ4n) is 4.08. The Morgan fingerprint density at radius 1 is 1.17 bits per heavy atom. The molecule has 1 fully saturated rings. The van der Waals surface area contributed by atoms with Crippen LogP contribution in [0.4, 0.5) is 19.0 Å². The Morgan fingerprint density at radius 3 is 2.60 bits per heavy atom. The average molecular weight is 416 g/mol. The normalized spacial score (nSPS) is 16.2. The lowest BCUT2D eigenvalue weighted by molar-refractivity contribution is -0.137. The number of fused-ring (bicyclic) bond motifs is 1. The van der Waals surface area contributed by atoms with Crippen molar-refractivity contribution in [3.8, 4) is 0 Å². The van der Waals surface area contributed by atoms with Gasteiger partial charge in [0.15, 0.2) is 0 Å². The monoisotopic (exact) mass is 416 g/mol. The number of aryl methyl sites for hydroxylation is 1. The van der Waals surface area contributed by atoms with E-state index in [0.29, 0.717) is 28.1 Å². The van der Waals surface area contributed by atoms with E-state index in [4.69, 9.17) is 0 Å². The van der Waals surface area contributed by atoms with Gasteiger partial charge in [0.2, 0.25) is 0 Å². The number of alkyl halides is 3. The smallest absolute Gasteiger partial charge is 0.363 e. The second-order valence-corrected chi connectivity index (χ2v) is 7.86. The maximum atomic E-state index is 13.1. The number of hydrogen-bond acceptors (Lipinski definition) is 4. The number of pyridine rings is 1. The lowest BCUT2D eigenvalue weighted by atomic mass is 10.0. The molecule has 30 heavy (non-hydrogen) atoms. The first-order valence-corrected chi connectivity index (χ1v) is 10.1. The van der Waals surface area contributed by atoms with Gasteiger partial charge in [0, 0.05) is 24.3 Å². The van der Waals surface area contributed by atoms with Crippen LogP contribution in [0.15, 0.2) is 41.3 Å². The minimum atomic E-state index is -4.40. The highest BCUT2D eigenvalue weighted by molar-refractivity contribution is 5.88. The van der Waals surface area contributed by atoms with Crippen LogP contribution in [-0.4, -0.2) is 14.5 Å². The molecule has 1 aliphatic carbocycles. The summed E-state index contributed by atoms with van der Waals surface area (Å²) < 4.78 is 41.0. The molecule has 0 radical (unpaired) electrons. The molecule has 1 N–H and O–H groups in total. The zero-order valence-electron chi connectivity index (χ0n) is 16.8. The number of nitrogens with zero attached hydrogens (tertiary/aromatic N) is 3. The third kappa shape index (κ3) is 4.04. The summed E-state index contributed by atoms with van der Waals surface area (Å²) in [6.07, 6.45) is 1.50. The minimum Gasteiger partial charge on any atom is -0.363 e. The van der Waals surface area contributed by atoms with E-state index in [1.165, 1.54) is 12.1 Å². The van der Waals surface area contributed by atoms with Gasteiger partial charge >= 0.3 is 6.18 Å². The van der Waals surface area contributed by atoms with Gasteiger partial charge in [0.1, 0.15) is 11.6 Å². The molecule has 2 heterocycles. The number of hydrogen-bond donors (Lipinski definition) is 1. The molecule has 0 saturated heterocycles. The van der Waals surface area contributed by atoms with Crippen LogP contribution < -0.4 is 10.9 Å². The van der Waals surface area contributed by atoms with E-state index in [1.54, 1.807) is 30.7 Å². The summed E-state index contributed by atoms with van der Waals surface area (Å²) in [5.41, 5.74) is 0.246. The van der Waals surface area contributed by atoms with Crippen molar-refractivity contribution in [2.75, 3.05) is 5.32 Å². The van der Waals surface area contributed by atoms with Crippen molar-refractivity contribution < 1.29 is 13.2 Å². The van der Waals surface area contributed by atoms with Gasteiger partial charge in [-0.1, -0.05) is 25.0 Å². The van der Waals surface area contributed by atoms with Crippen molar-refractivity contribution in [1.29, 1.82) is 0 Å².